The van der Waals surface area contributed by atoms with Gasteiger partial charge < -0.3 is 0 Å². The van der Waals surface area contributed by atoms with E-state index in [4.69, 9.17) is 0 Å². The third-order valence-corrected chi connectivity index (χ3v) is 5.77. The van der Waals surface area contributed by atoms with Crippen molar-refractivity contribution < 1.29 is 16.8 Å². The first-order chi connectivity index (χ1) is 8.70. The van der Waals surface area contributed by atoms with Gasteiger partial charge in [-0.1, -0.05) is 46.3 Å². The number of rotatable bonds is 7. The summed E-state index contributed by atoms with van der Waals surface area (Å²) in [7, 11) is -6.86. The molecule has 0 aliphatic rings. The minimum Gasteiger partial charge on any atom is -0.229 e. The van der Waals surface area contributed by atoms with Gasteiger partial charge in [0.2, 0.25) is 10.0 Å². The third-order valence-electron chi connectivity index (χ3n) is 2.37. The first-order valence-electron chi connectivity index (χ1n) is 5.54. The molecule has 8 heteroatoms. The van der Waals surface area contributed by atoms with Crippen molar-refractivity contribution in [3.63, 3.8) is 0 Å². The number of halogens is 1. The van der Waals surface area contributed by atoms with Crippen LogP contribution in [-0.4, -0.2) is 41.1 Å². The average Bonchev–Trinajstić information content (AvgIpc) is 2.34. The predicted octanol–water partition coefficient (Wildman–Crippen LogP) is 1.09. The van der Waals surface area contributed by atoms with Gasteiger partial charge in [-0.2, -0.15) is 0 Å². The van der Waals surface area contributed by atoms with Gasteiger partial charge >= 0.3 is 0 Å². The maximum absolute atomic E-state index is 11.6. The number of hydrogen-bond acceptors (Lipinski definition) is 4. The fraction of sp³-hybridized carbons (Fsp3) is 0.455. The van der Waals surface area contributed by atoms with Crippen LogP contribution in [0.1, 0.15) is 10.4 Å². The maximum atomic E-state index is 11.6. The van der Waals surface area contributed by atoms with E-state index in [2.05, 4.69) is 20.7 Å². The minimum absolute atomic E-state index is 0.151. The molecule has 0 aliphatic heterocycles. The van der Waals surface area contributed by atoms with Crippen LogP contribution in [0.25, 0.3) is 0 Å². The lowest BCUT2D eigenvalue weighted by Gasteiger charge is -2.11. The molecule has 0 aromatic heterocycles. The quantitative estimate of drug-likeness (QED) is 0.729. The Morgan fingerprint density at radius 2 is 1.68 bits per heavy atom. The van der Waals surface area contributed by atoms with E-state index in [1.807, 2.05) is 30.3 Å². The van der Waals surface area contributed by atoms with Gasteiger partial charge in [-0.25, -0.2) is 21.6 Å². The van der Waals surface area contributed by atoms with Crippen molar-refractivity contribution in [1.29, 1.82) is 0 Å². The van der Waals surface area contributed by atoms with Gasteiger partial charge in [-0.15, -0.1) is 0 Å². The van der Waals surface area contributed by atoms with Crippen LogP contribution in [0.5, 0.6) is 0 Å². The second-order valence-electron chi connectivity index (χ2n) is 4.18. The van der Waals surface area contributed by atoms with E-state index in [0.29, 0.717) is 0 Å². The fourth-order valence-corrected chi connectivity index (χ4v) is 4.65. The van der Waals surface area contributed by atoms with Crippen LogP contribution < -0.4 is 4.72 Å². The molecule has 1 unspecified atom stereocenters. The van der Waals surface area contributed by atoms with Gasteiger partial charge in [-0.3, -0.25) is 0 Å². The van der Waals surface area contributed by atoms with Gasteiger partial charge in [-0.05, 0) is 5.56 Å². The fourth-order valence-electron chi connectivity index (χ4n) is 1.31. The zero-order chi connectivity index (χ0) is 14.5. The average molecular weight is 370 g/mol. The summed E-state index contributed by atoms with van der Waals surface area (Å²) in [6, 6.07) is 9.36. The maximum Gasteiger partial charge on any atom is 0.212 e. The zero-order valence-electron chi connectivity index (χ0n) is 10.4. The minimum atomic E-state index is -3.58. The second-order valence-corrected chi connectivity index (χ2v) is 9.47. The number of sulfonamides is 1. The van der Waals surface area contributed by atoms with Crippen molar-refractivity contribution in [3.05, 3.63) is 35.9 Å². The SMILES string of the molecule is CS(=O)(=O)CCS(=O)(=O)NCC(Br)c1ccccc1. The molecule has 5 nitrogen and oxygen atoms in total. The van der Waals surface area contributed by atoms with Crippen LogP contribution in [0.3, 0.4) is 0 Å². The lowest BCUT2D eigenvalue weighted by molar-refractivity contribution is 0.579. The van der Waals surface area contributed by atoms with Crippen LogP contribution in [-0.2, 0) is 19.9 Å². The molecule has 0 fully saturated rings. The Morgan fingerprint density at radius 1 is 1.11 bits per heavy atom. The van der Waals surface area contributed by atoms with Crippen molar-refractivity contribution in [3.8, 4) is 0 Å². The molecule has 1 aromatic carbocycles. The summed E-state index contributed by atoms with van der Waals surface area (Å²) in [6.45, 7) is 0.177. The number of sulfone groups is 1. The molecular weight excluding hydrogens is 354 g/mol. The molecule has 1 N–H and O–H groups in total. The lowest BCUT2D eigenvalue weighted by Crippen LogP contribution is -2.31. The molecule has 19 heavy (non-hydrogen) atoms. The molecule has 0 amide bonds. The Morgan fingerprint density at radius 3 is 2.21 bits per heavy atom. The Balaban J connectivity index is 2.52. The molecule has 0 radical (unpaired) electrons. The normalized spacial score (nSPS) is 14.2. The summed E-state index contributed by atoms with van der Waals surface area (Å²) in [5.41, 5.74) is 0.952. The Hall–Kier alpha value is -0.440. The van der Waals surface area contributed by atoms with E-state index in [0.717, 1.165) is 11.8 Å². The molecule has 1 rings (SSSR count). The first kappa shape index (κ1) is 16.6. The van der Waals surface area contributed by atoms with E-state index in [1.54, 1.807) is 0 Å². The van der Waals surface area contributed by atoms with Gasteiger partial charge in [0.1, 0.15) is 9.84 Å². The Labute approximate surface area is 122 Å². The lowest BCUT2D eigenvalue weighted by atomic mass is 10.2. The van der Waals surface area contributed by atoms with Gasteiger partial charge in [0.05, 0.1) is 16.3 Å². The van der Waals surface area contributed by atoms with E-state index in [9.17, 15) is 16.8 Å². The number of alkyl halides is 1. The standard InChI is InChI=1S/C11H16BrNO4S2/c1-18(14,15)7-8-19(16,17)13-9-11(12)10-5-3-2-4-6-10/h2-6,11,13H,7-9H2,1H3. The van der Waals surface area contributed by atoms with E-state index >= 15 is 0 Å². The monoisotopic (exact) mass is 369 g/mol. The topological polar surface area (TPSA) is 80.3 Å². The van der Waals surface area contributed by atoms with E-state index in [1.165, 1.54) is 0 Å². The molecule has 0 saturated carbocycles. The van der Waals surface area contributed by atoms with Crippen molar-refractivity contribution >= 4 is 35.8 Å². The molecule has 108 valence electrons. The van der Waals surface area contributed by atoms with Crippen molar-refractivity contribution in [2.45, 2.75) is 4.83 Å². The number of hydrogen-bond donors (Lipinski definition) is 1. The predicted molar refractivity (Wildman–Crippen MR) is 79.6 cm³/mol. The largest absolute Gasteiger partial charge is 0.229 e. The molecule has 1 aromatic rings. The van der Waals surface area contributed by atoms with Crippen molar-refractivity contribution in [2.75, 3.05) is 24.3 Å². The Kier molecular flexibility index (Phi) is 5.97. The van der Waals surface area contributed by atoms with Crippen molar-refractivity contribution in [2.24, 2.45) is 0 Å². The zero-order valence-corrected chi connectivity index (χ0v) is 13.6. The summed E-state index contributed by atoms with van der Waals surface area (Å²) in [6.07, 6.45) is 1.01. The molecule has 0 spiro atoms. The van der Waals surface area contributed by atoms with E-state index in [-0.39, 0.29) is 17.1 Å². The highest BCUT2D eigenvalue weighted by atomic mass is 79.9. The number of benzene rings is 1. The first-order valence-corrected chi connectivity index (χ1v) is 10.2. The summed E-state index contributed by atoms with van der Waals surface area (Å²) in [5, 5.41) is 0. The van der Waals surface area contributed by atoms with Crippen LogP contribution in [0.15, 0.2) is 30.3 Å². The molecule has 0 aliphatic carbocycles. The third kappa shape index (κ3) is 7.05. The summed E-state index contributed by atoms with van der Waals surface area (Å²) < 4.78 is 47.5. The number of nitrogens with one attached hydrogen (secondary N) is 1. The van der Waals surface area contributed by atoms with Crippen LogP contribution in [0.4, 0.5) is 0 Å². The van der Waals surface area contributed by atoms with Crippen LogP contribution >= 0.6 is 15.9 Å². The van der Waals surface area contributed by atoms with Crippen LogP contribution in [0.2, 0.25) is 0 Å². The highest BCUT2D eigenvalue weighted by Crippen LogP contribution is 2.21. The highest BCUT2D eigenvalue weighted by molar-refractivity contribution is 9.09. The molecule has 0 bridgehead atoms. The van der Waals surface area contributed by atoms with Gasteiger partial charge in [0.25, 0.3) is 0 Å². The molecule has 0 heterocycles. The molecular formula is C11H16BrNO4S2. The Bertz CT molecular complexity index is 599. The second kappa shape index (κ2) is 6.83. The molecule has 1 atom stereocenters. The van der Waals surface area contributed by atoms with Crippen molar-refractivity contribution in [1.82, 2.24) is 4.72 Å². The van der Waals surface area contributed by atoms with Gasteiger partial charge in [0, 0.05) is 12.8 Å². The summed E-state index contributed by atoms with van der Waals surface area (Å²) >= 11 is 3.38. The summed E-state index contributed by atoms with van der Waals surface area (Å²) in [5.74, 6) is -0.791. The highest BCUT2D eigenvalue weighted by Gasteiger charge is 2.16. The van der Waals surface area contributed by atoms with E-state index < -0.39 is 25.6 Å². The summed E-state index contributed by atoms with van der Waals surface area (Å²) in [4.78, 5) is -0.151. The van der Waals surface area contributed by atoms with Crippen LogP contribution in [0, 0.1) is 0 Å². The smallest absolute Gasteiger partial charge is 0.212 e. The molecule has 0 saturated heterocycles. The van der Waals surface area contributed by atoms with Gasteiger partial charge in [0.15, 0.2) is 0 Å².